The molecular formula is C33H30N2O2. The first-order valence-electron chi connectivity index (χ1n) is 12.7. The van der Waals surface area contributed by atoms with E-state index >= 15 is 0 Å². The van der Waals surface area contributed by atoms with Crippen LogP contribution < -0.4 is 5.32 Å². The fraction of sp³-hybridized carbons (Fsp3) is 0.152. The van der Waals surface area contributed by atoms with Gasteiger partial charge in [-0.1, -0.05) is 97.1 Å². The number of nitro groups is 1. The molecule has 184 valence electrons. The summed E-state index contributed by atoms with van der Waals surface area (Å²) in [5.74, 6) is 0.165. The molecule has 1 N–H and O–H groups in total. The van der Waals surface area contributed by atoms with Crippen LogP contribution in [-0.4, -0.2) is 11.0 Å². The second-order valence-corrected chi connectivity index (χ2v) is 9.55. The van der Waals surface area contributed by atoms with Gasteiger partial charge in [0.1, 0.15) is 0 Å². The number of nitrogens with one attached hydrogen (secondary N) is 1. The van der Waals surface area contributed by atoms with Crippen molar-refractivity contribution in [1.29, 1.82) is 0 Å². The van der Waals surface area contributed by atoms with Gasteiger partial charge < -0.3 is 5.32 Å². The molecule has 5 rings (SSSR count). The number of hydrogen-bond donors (Lipinski definition) is 1. The first-order valence-corrected chi connectivity index (χ1v) is 12.7. The Bertz CT molecular complexity index is 1560. The van der Waals surface area contributed by atoms with Crippen molar-refractivity contribution in [2.75, 3.05) is 0 Å². The van der Waals surface area contributed by atoms with E-state index in [0.717, 1.165) is 24.1 Å². The third-order valence-electron chi connectivity index (χ3n) is 7.05. The number of nitro benzene ring substituents is 1. The highest BCUT2D eigenvalue weighted by Crippen LogP contribution is 2.27. The van der Waals surface area contributed by atoms with Crippen molar-refractivity contribution in [1.82, 2.24) is 5.32 Å². The van der Waals surface area contributed by atoms with E-state index in [1.54, 1.807) is 12.1 Å². The first-order chi connectivity index (χ1) is 18.1. The summed E-state index contributed by atoms with van der Waals surface area (Å²) in [7, 11) is 0. The molecule has 0 aliphatic carbocycles. The van der Waals surface area contributed by atoms with Gasteiger partial charge in [-0.25, -0.2) is 0 Å². The summed E-state index contributed by atoms with van der Waals surface area (Å²) in [4.78, 5) is 10.8. The van der Waals surface area contributed by atoms with Crippen LogP contribution in [-0.2, 0) is 6.54 Å². The normalized spacial score (nSPS) is 13.2. The average molecular weight is 487 g/mol. The number of nitrogens with zero attached hydrogens (tertiary/aromatic N) is 1. The molecule has 0 saturated heterocycles. The van der Waals surface area contributed by atoms with E-state index in [4.69, 9.17) is 0 Å². The van der Waals surface area contributed by atoms with E-state index in [1.165, 1.54) is 27.1 Å². The van der Waals surface area contributed by atoms with Crippen molar-refractivity contribution >= 4 is 33.3 Å². The van der Waals surface area contributed by atoms with Gasteiger partial charge in [0.15, 0.2) is 0 Å². The van der Waals surface area contributed by atoms with Gasteiger partial charge >= 0.3 is 0 Å². The van der Waals surface area contributed by atoms with Gasteiger partial charge in [-0.2, -0.15) is 0 Å². The zero-order chi connectivity index (χ0) is 25.6. The molecular weight excluding hydrogens is 456 g/mol. The number of fused-ring (bicyclic) bond motifs is 2. The van der Waals surface area contributed by atoms with E-state index in [-0.39, 0.29) is 22.6 Å². The van der Waals surface area contributed by atoms with Crippen molar-refractivity contribution in [2.45, 2.75) is 31.8 Å². The van der Waals surface area contributed by atoms with Crippen LogP contribution in [0.25, 0.3) is 27.6 Å². The topological polar surface area (TPSA) is 55.2 Å². The van der Waals surface area contributed by atoms with E-state index in [1.807, 2.05) is 12.1 Å². The molecule has 0 saturated carbocycles. The Morgan fingerprint density at radius 1 is 0.784 bits per heavy atom. The molecule has 37 heavy (non-hydrogen) atoms. The summed E-state index contributed by atoms with van der Waals surface area (Å²) in [6.07, 6.45) is 5.20. The highest BCUT2D eigenvalue weighted by molar-refractivity contribution is 5.84. The Labute approximate surface area is 217 Å². The molecule has 0 aliphatic heterocycles. The Kier molecular flexibility index (Phi) is 7.38. The molecule has 0 amide bonds. The van der Waals surface area contributed by atoms with Crippen LogP contribution in [0.5, 0.6) is 0 Å². The molecule has 5 aromatic rings. The summed E-state index contributed by atoms with van der Waals surface area (Å²) < 4.78 is 0. The van der Waals surface area contributed by atoms with Crippen LogP contribution >= 0.6 is 0 Å². The lowest BCUT2D eigenvalue weighted by molar-refractivity contribution is -0.384. The fourth-order valence-electron chi connectivity index (χ4n) is 4.90. The van der Waals surface area contributed by atoms with E-state index in [2.05, 4.69) is 109 Å². The highest BCUT2D eigenvalue weighted by Gasteiger charge is 2.19. The summed E-state index contributed by atoms with van der Waals surface area (Å²) in [5, 5.41) is 19.8. The van der Waals surface area contributed by atoms with Crippen molar-refractivity contribution in [3.63, 3.8) is 0 Å². The number of allylic oxidation sites excluding steroid dienone is 1. The maximum atomic E-state index is 11.2. The van der Waals surface area contributed by atoms with Crippen LogP contribution in [0, 0.1) is 10.1 Å². The minimum absolute atomic E-state index is 0.117. The smallest absolute Gasteiger partial charge is 0.269 e. The molecule has 0 aliphatic rings. The van der Waals surface area contributed by atoms with E-state index in [9.17, 15) is 10.1 Å². The van der Waals surface area contributed by atoms with Gasteiger partial charge in [-0.15, -0.1) is 0 Å². The summed E-state index contributed by atoms with van der Waals surface area (Å²) in [5.41, 5.74) is 3.61. The van der Waals surface area contributed by atoms with Gasteiger partial charge in [0, 0.05) is 30.6 Å². The van der Waals surface area contributed by atoms with Crippen molar-refractivity contribution in [3.05, 3.63) is 142 Å². The predicted molar refractivity (Wildman–Crippen MR) is 154 cm³/mol. The zero-order valence-electron chi connectivity index (χ0n) is 20.9. The van der Waals surface area contributed by atoms with Gasteiger partial charge in [-0.3, -0.25) is 10.1 Å². The second-order valence-electron chi connectivity index (χ2n) is 9.55. The monoisotopic (exact) mass is 486 g/mol. The molecule has 2 unspecified atom stereocenters. The highest BCUT2D eigenvalue weighted by atomic mass is 16.6. The third-order valence-corrected chi connectivity index (χ3v) is 7.05. The molecule has 4 heteroatoms. The lowest BCUT2D eigenvalue weighted by Crippen LogP contribution is -2.31. The Morgan fingerprint density at radius 2 is 1.41 bits per heavy atom. The number of rotatable bonds is 9. The van der Waals surface area contributed by atoms with Crippen LogP contribution in [0.2, 0.25) is 0 Å². The Hall–Kier alpha value is -4.28. The Balaban J connectivity index is 1.33. The molecule has 5 aromatic carbocycles. The van der Waals surface area contributed by atoms with Crippen LogP contribution in [0.15, 0.2) is 115 Å². The SMILES string of the molecule is CC(NCc1ccc2ccccc2c1)C(C/C=C/c1ccc2ccccc2c1)c1ccc([N+](=O)[O-])cc1. The maximum Gasteiger partial charge on any atom is 0.269 e. The van der Waals surface area contributed by atoms with Crippen LogP contribution in [0.4, 0.5) is 5.69 Å². The molecule has 0 spiro atoms. The number of non-ortho nitro benzene ring substituents is 1. The quantitative estimate of drug-likeness (QED) is 0.168. The molecule has 0 fully saturated rings. The van der Waals surface area contributed by atoms with E-state index < -0.39 is 0 Å². The molecule has 0 bridgehead atoms. The first kappa shape index (κ1) is 24.4. The van der Waals surface area contributed by atoms with Crippen LogP contribution in [0.3, 0.4) is 0 Å². The average Bonchev–Trinajstić information content (AvgIpc) is 2.94. The predicted octanol–water partition coefficient (Wildman–Crippen LogP) is 8.27. The van der Waals surface area contributed by atoms with Crippen LogP contribution in [0.1, 0.15) is 36.0 Å². The lowest BCUT2D eigenvalue weighted by atomic mass is 9.88. The fourth-order valence-corrected chi connectivity index (χ4v) is 4.90. The largest absolute Gasteiger partial charge is 0.310 e. The van der Waals surface area contributed by atoms with E-state index in [0.29, 0.717) is 0 Å². The second kappa shape index (κ2) is 11.2. The molecule has 0 radical (unpaired) electrons. The van der Waals surface area contributed by atoms with Crippen molar-refractivity contribution in [2.24, 2.45) is 0 Å². The van der Waals surface area contributed by atoms with Gasteiger partial charge in [0.05, 0.1) is 4.92 Å². The molecule has 2 atom stereocenters. The molecule has 4 nitrogen and oxygen atoms in total. The lowest BCUT2D eigenvalue weighted by Gasteiger charge is -2.25. The zero-order valence-corrected chi connectivity index (χ0v) is 20.9. The van der Waals surface area contributed by atoms with Crippen molar-refractivity contribution in [3.8, 4) is 0 Å². The number of benzene rings is 5. The maximum absolute atomic E-state index is 11.2. The van der Waals surface area contributed by atoms with Gasteiger partial charge in [-0.05, 0) is 63.7 Å². The summed E-state index contributed by atoms with van der Waals surface area (Å²) in [6.45, 7) is 2.95. The minimum atomic E-state index is -0.347. The standard InChI is InChI=1S/C33H30N2O2/c1-24(34-23-26-14-16-28-9-3-5-11-31(28)22-26)33(29-17-19-32(20-18-29)35(36)37)12-6-7-25-13-15-27-8-2-4-10-30(27)21-25/h2-11,13-22,24,33-34H,12,23H2,1H3/b7-6+. The Morgan fingerprint density at radius 3 is 2.08 bits per heavy atom. The third kappa shape index (κ3) is 5.93. The summed E-state index contributed by atoms with van der Waals surface area (Å²) in [6, 6.07) is 37.0. The number of hydrogen-bond acceptors (Lipinski definition) is 3. The van der Waals surface area contributed by atoms with Gasteiger partial charge in [0.25, 0.3) is 5.69 Å². The van der Waals surface area contributed by atoms with Gasteiger partial charge in [0.2, 0.25) is 0 Å². The molecule has 0 heterocycles. The van der Waals surface area contributed by atoms with Crippen molar-refractivity contribution < 1.29 is 4.92 Å². The molecule has 0 aromatic heterocycles. The summed E-state index contributed by atoms with van der Waals surface area (Å²) >= 11 is 0. The minimum Gasteiger partial charge on any atom is -0.310 e.